The van der Waals surface area contributed by atoms with Crippen molar-refractivity contribution in [2.24, 2.45) is 0 Å². The fourth-order valence-corrected chi connectivity index (χ4v) is 1.93. The number of likely N-dealkylation sites (N-methyl/N-ethyl adjacent to an activating group) is 1. The molecule has 0 radical (unpaired) electrons. The first-order valence-corrected chi connectivity index (χ1v) is 5.42. The molecule has 1 aromatic heterocycles. The van der Waals surface area contributed by atoms with E-state index in [1.165, 1.54) is 6.07 Å². The second-order valence-electron chi connectivity index (χ2n) is 3.79. The van der Waals surface area contributed by atoms with Crippen LogP contribution in [0.15, 0.2) is 18.3 Å². The van der Waals surface area contributed by atoms with E-state index in [9.17, 15) is 4.39 Å². The van der Waals surface area contributed by atoms with Gasteiger partial charge in [-0.25, -0.2) is 9.37 Å². The van der Waals surface area contributed by atoms with Crippen LogP contribution in [-0.4, -0.2) is 44.4 Å². The molecule has 1 aliphatic heterocycles. The first kappa shape index (κ1) is 11.3. The molecule has 4 nitrogen and oxygen atoms in total. The van der Waals surface area contributed by atoms with Crippen LogP contribution in [0, 0.1) is 5.82 Å². The van der Waals surface area contributed by atoms with Crippen molar-refractivity contribution in [3.63, 3.8) is 0 Å². The highest BCUT2D eigenvalue weighted by Gasteiger charge is 2.25. The van der Waals surface area contributed by atoms with Crippen LogP contribution in [0.2, 0.25) is 0 Å². The molecule has 1 fully saturated rings. The van der Waals surface area contributed by atoms with Gasteiger partial charge in [-0.1, -0.05) is 0 Å². The monoisotopic (exact) mass is 225 g/mol. The Morgan fingerprint density at radius 2 is 2.56 bits per heavy atom. The fourth-order valence-electron chi connectivity index (χ4n) is 1.93. The van der Waals surface area contributed by atoms with Crippen LogP contribution in [0.5, 0.6) is 0 Å². The Morgan fingerprint density at radius 1 is 1.69 bits per heavy atom. The van der Waals surface area contributed by atoms with E-state index in [0.29, 0.717) is 25.6 Å². The molecule has 1 unspecified atom stereocenters. The first-order valence-electron chi connectivity index (χ1n) is 5.42. The molecule has 1 aromatic rings. The van der Waals surface area contributed by atoms with Gasteiger partial charge in [-0.2, -0.15) is 0 Å². The molecule has 2 rings (SSSR count). The summed E-state index contributed by atoms with van der Waals surface area (Å²) in [7, 11) is 1.88. The number of morpholine rings is 1. The third kappa shape index (κ3) is 2.31. The normalized spacial score (nSPS) is 21.1. The van der Waals surface area contributed by atoms with E-state index in [4.69, 9.17) is 4.74 Å². The Hall–Kier alpha value is -1.20. The Labute approximate surface area is 94.4 Å². The lowest BCUT2D eigenvalue weighted by molar-refractivity contribution is 0.0935. The van der Waals surface area contributed by atoms with E-state index in [2.05, 4.69) is 10.3 Å². The average Bonchev–Trinajstić information content (AvgIpc) is 2.31. The molecular weight excluding hydrogens is 209 g/mol. The number of rotatable bonds is 3. The number of halogens is 1. The number of anilines is 1. The van der Waals surface area contributed by atoms with Gasteiger partial charge < -0.3 is 15.0 Å². The zero-order valence-corrected chi connectivity index (χ0v) is 9.32. The minimum Gasteiger partial charge on any atom is -0.377 e. The second-order valence-corrected chi connectivity index (χ2v) is 3.79. The van der Waals surface area contributed by atoms with E-state index in [0.717, 1.165) is 6.54 Å². The van der Waals surface area contributed by atoms with Crippen molar-refractivity contribution in [3.8, 4) is 0 Å². The Kier molecular flexibility index (Phi) is 3.69. The van der Waals surface area contributed by atoms with Gasteiger partial charge in [0.25, 0.3) is 0 Å². The Bertz CT molecular complexity index is 346. The summed E-state index contributed by atoms with van der Waals surface area (Å²) in [4.78, 5) is 6.07. The van der Waals surface area contributed by atoms with Gasteiger partial charge in [0.1, 0.15) is 0 Å². The van der Waals surface area contributed by atoms with Crippen molar-refractivity contribution < 1.29 is 9.13 Å². The van der Waals surface area contributed by atoms with Crippen LogP contribution in [0.1, 0.15) is 0 Å². The fraction of sp³-hybridized carbons (Fsp3) is 0.545. The van der Waals surface area contributed by atoms with Crippen LogP contribution < -0.4 is 10.2 Å². The SMILES string of the molecule is CNCC1COCCN1c1ncccc1F. The number of nitrogens with one attached hydrogen (secondary N) is 1. The number of ether oxygens (including phenoxy) is 1. The number of hydrogen-bond acceptors (Lipinski definition) is 4. The minimum atomic E-state index is -0.273. The molecule has 0 spiro atoms. The molecule has 0 aromatic carbocycles. The molecule has 0 bridgehead atoms. The third-order valence-corrected chi connectivity index (χ3v) is 2.68. The highest BCUT2D eigenvalue weighted by Crippen LogP contribution is 2.19. The van der Waals surface area contributed by atoms with Crippen molar-refractivity contribution in [2.45, 2.75) is 6.04 Å². The summed E-state index contributed by atoms with van der Waals surface area (Å²) in [6.07, 6.45) is 1.62. The smallest absolute Gasteiger partial charge is 0.165 e. The maximum atomic E-state index is 13.6. The molecule has 1 saturated heterocycles. The summed E-state index contributed by atoms with van der Waals surface area (Å²) in [5, 5.41) is 3.08. The van der Waals surface area contributed by atoms with Crippen molar-refractivity contribution >= 4 is 5.82 Å². The van der Waals surface area contributed by atoms with Crippen molar-refractivity contribution in [1.82, 2.24) is 10.3 Å². The molecular formula is C11H16FN3O. The first-order chi connectivity index (χ1) is 7.83. The van der Waals surface area contributed by atoms with Crippen molar-refractivity contribution in [2.75, 3.05) is 38.3 Å². The molecule has 0 saturated carbocycles. The molecule has 1 N–H and O–H groups in total. The maximum Gasteiger partial charge on any atom is 0.165 e. The number of aromatic nitrogens is 1. The van der Waals surface area contributed by atoms with Gasteiger partial charge >= 0.3 is 0 Å². The van der Waals surface area contributed by atoms with Crippen molar-refractivity contribution in [1.29, 1.82) is 0 Å². The highest BCUT2D eigenvalue weighted by molar-refractivity contribution is 5.41. The van der Waals surface area contributed by atoms with Crippen LogP contribution in [0.3, 0.4) is 0 Å². The molecule has 16 heavy (non-hydrogen) atoms. The van der Waals surface area contributed by atoms with E-state index in [-0.39, 0.29) is 11.9 Å². The quantitative estimate of drug-likeness (QED) is 0.819. The maximum absolute atomic E-state index is 13.6. The third-order valence-electron chi connectivity index (χ3n) is 2.68. The van der Waals surface area contributed by atoms with Crippen LogP contribution in [0.25, 0.3) is 0 Å². The summed E-state index contributed by atoms with van der Waals surface area (Å²) < 4.78 is 19.0. The van der Waals surface area contributed by atoms with Gasteiger partial charge in [0, 0.05) is 19.3 Å². The lowest BCUT2D eigenvalue weighted by Crippen LogP contribution is -2.50. The predicted molar refractivity (Wildman–Crippen MR) is 60.1 cm³/mol. The zero-order chi connectivity index (χ0) is 11.4. The molecule has 5 heteroatoms. The summed E-state index contributed by atoms with van der Waals surface area (Å²) in [5.41, 5.74) is 0. The van der Waals surface area contributed by atoms with E-state index >= 15 is 0 Å². The average molecular weight is 225 g/mol. The highest BCUT2D eigenvalue weighted by atomic mass is 19.1. The molecule has 2 heterocycles. The van der Waals surface area contributed by atoms with E-state index in [1.54, 1.807) is 12.3 Å². The number of nitrogens with zero attached hydrogens (tertiary/aromatic N) is 2. The Morgan fingerprint density at radius 3 is 3.31 bits per heavy atom. The van der Waals surface area contributed by atoms with E-state index < -0.39 is 0 Å². The standard InChI is InChI=1S/C11H16FN3O/c1-13-7-9-8-16-6-5-15(9)11-10(12)3-2-4-14-11/h2-4,9,13H,5-8H2,1H3. The lowest BCUT2D eigenvalue weighted by Gasteiger charge is -2.36. The lowest BCUT2D eigenvalue weighted by atomic mass is 10.2. The van der Waals surface area contributed by atoms with E-state index in [1.807, 2.05) is 11.9 Å². The summed E-state index contributed by atoms with van der Waals surface area (Å²) in [6, 6.07) is 3.18. The molecule has 1 aliphatic rings. The summed E-state index contributed by atoms with van der Waals surface area (Å²) in [5.74, 6) is 0.150. The van der Waals surface area contributed by atoms with Crippen LogP contribution >= 0.6 is 0 Å². The zero-order valence-electron chi connectivity index (χ0n) is 9.32. The number of pyridine rings is 1. The molecule has 0 amide bonds. The van der Waals surface area contributed by atoms with Gasteiger partial charge in [-0.15, -0.1) is 0 Å². The van der Waals surface area contributed by atoms with Crippen LogP contribution in [-0.2, 0) is 4.74 Å². The Balaban J connectivity index is 2.19. The predicted octanol–water partition coefficient (Wildman–Crippen LogP) is 0.645. The van der Waals surface area contributed by atoms with Gasteiger partial charge in [-0.05, 0) is 19.2 Å². The number of hydrogen-bond donors (Lipinski definition) is 1. The second kappa shape index (κ2) is 5.23. The molecule has 1 atom stereocenters. The van der Waals surface area contributed by atoms with Crippen LogP contribution in [0.4, 0.5) is 10.2 Å². The molecule has 0 aliphatic carbocycles. The summed E-state index contributed by atoms with van der Waals surface area (Å²) in [6.45, 7) is 2.67. The minimum absolute atomic E-state index is 0.142. The van der Waals surface area contributed by atoms with Gasteiger partial charge in [0.05, 0.1) is 19.3 Å². The topological polar surface area (TPSA) is 37.4 Å². The molecule has 88 valence electrons. The van der Waals surface area contributed by atoms with Gasteiger partial charge in [-0.3, -0.25) is 0 Å². The van der Waals surface area contributed by atoms with Gasteiger partial charge in [0.2, 0.25) is 0 Å². The van der Waals surface area contributed by atoms with Gasteiger partial charge in [0.15, 0.2) is 11.6 Å². The summed E-state index contributed by atoms with van der Waals surface area (Å²) >= 11 is 0. The van der Waals surface area contributed by atoms with Crippen molar-refractivity contribution in [3.05, 3.63) is 24.1 Å². The largest absolute Gasteiger partial charge is 0.377 e.